The van der Waals surface area contributed by atoms with E-state index >= 15 is 0 Å². The quantitative estimate of drug-likeness (QED) is 0.565. The molecule has 12 heavy (non-hydrogen) atoms. The average Bonchev–Trinajstić information content (AvgIpc) is 2.07. The summed E-state index contributed by atoms with van der Waals surface area (Å²) in [5, 5.41) is 3.28. The molecule has 0 amide bonds. The normalized spacial score (nSPS) is 17.6. The Labute approximate surface area is 75.7 Å². The maximum atomic E-state index is 9.83. The van der Waals surface area contributed by atoms with Gasteiger partial charge >= 0.3 is 0 Å². The summed E-state index contributed by atoms with van der Waals surface area (Å²) in [5.41, 5.74) is -0.139. The molecule has 1 rings (SSSR count). The number of nitrogens with one attached hydrogen (secondary N) is 1. The second kappa shape index (κ2) is 6.18. The summed E-state index contributed by atoms with van der Waals surface area (Å²) in [6.07, 6.45) is 5.15. The molecule has 0 atom stereocenters. The number of rotatable bonds is 0. The SMILES string of the molecule is C1CCNCC1.CC(C)(C)C=O. The van der Waals surface area contributed by atoms with Crippen LogP contribution < -0.4 is 5.32 Å². The highest BCUT2D eigenvalue weighted by atomic mass is 16.1. The zero-order valence-corrected chi connectivity index (χ0v) is 8.52. The third kappa shape index (κ3) is 9.63. The Bertz CT molecular complexity index is 100.0. The van der Waals surface area contributed by atoms with Crippen molar-refractivity contribution in [2.24, 2.45) is 5.41 Å². The smallest absolute Gasteiger partial charge is 0.125 e. The number of carbonyl (C=O) groups excluding carboxylic acids is 1. The van der Waals surface area contributed by atoms with E-state index in [0.29, 0.717) is 0 Å². The van der Waals surface area contributed by atoms with Crippen LogP contribution >= 0.6 is 0 Å². The predicted molar refractivity (Wildman–Crippen MR) is 52.2 cm³/mol. The van der Waals surface area contributed by atoms with E-state index in [2.05, 4.69) is 5.32 Å². The van der Waals surface area contributed by atoms with Crippen molar-refractivity contribution in [3.63, 3.8) is 0 Å². The Morgan fingerprint density at radius 3 is 1.58 bits per heavy atom. The second-order valence-corrected chi connectivity index (χ2v) is 4.29. The minimum Gasteiger partial charge on any atom is -0.317 e. The van der Waals surface area contributed by atoms with Crippen molar-refractivity contribution in [1.29, 1.82) is 0 Å². The van der Waals surface area contributed by atoms with E-state index in [1.54, 1.807) is 0 Å². The summed E-state index contributed by atoms with van der Waals surface area (Å²) in [4.78, 5) is 9.83. The summed E-state index contributed by atoms with van der Waals surface area (Å²) in [6.45, 7) is 8.12. The molecule has 0 aliphatic carbocycles. The second-order valence-electron chi connectivity index (χ2n) is 4.29. The van der Waals surface area contributed by atoms with Crippen LogP contribution in [0.25, 0.3) is 0 Å². The van der Waals surface area contributed by atoms with Gasteiger partial charge in [-0.1, -0.05) is 27.2 Å². The first-order valence-electron chi connectivity index (χ1n) is 4.73. The number of carbonyl (C=O) groups is 1. The van der Waals surface area contributed by atoms with E-state index in [1.165, 1.54) is 32.4 Å². The van der Waals surface area contributed by atoms with Crippen LogP contribution in [0.15, 0.2) is 0 Å². The molecule has 0 unspecified atom stereocenters. The molecule has 2 heteroatoms. The molecule has 0 aromatic heterocycles. The van der Waals surface area contributed by atoms with Crippen LogP contribution in [0.2, 0.25) is 0 Å². The summed E-state index contributed by atoms with van der Waals surface area (Å²) >= 11 is 0. The van der Waals surface area contributed by atoms with Crippen LogP contribution in [0.4, 0.5) is 0 Å². The Kier molecular flexibility index (Phi) is 5.99. The molecule has 1 fully saturated rings. The third-order valence-electron chi connectivity index (χ3n) is 1.56. The minimum absolute atomic E-state index is 0.139. The van der Waals surface area contributed by atoms with Crippen molar-refractivity contribution in [1.82, 2.24) is 5.32 Å². The molecule has 0 aromatic rings. The van der Waals surface area contributed by atoms with Crippen molar-refractivity contribution in [3.8, 4) is 0 Å². The fraction of sp³-hybridized carbons (Fsp3) is 0.900. The lowest BCUT2D eigenvalue weighted by Crippen LogP contribution is -2.21. The van der Waals surface area contributed by atoms with Gasteiger partial charge < -0.3 is 10.1 Å². The van der Waals surface area contributed by atoms with Gasteiger partial charge in [-0.3, -0.25) is 0 Å². The first-order valence-corrected chi connectivity index (χ1v) is 4.73. The van der Waals surface area contributed by atoms with Crippen LogP contribution in [-0.2, 0) is 4.79 Å². The largest absolute Gasteiger partial charge is 0.317 e. The number of hydrogen-bond acceptors (Lipinski definition) is 2. The van der Waals surface area contributed by atoms with Gasteiger partial charge in [-0.05, 0) is 25.9 Å². The van der Waals surface area contributed by atoms with E-state index in [-0.39, 0.29) is 5.41 Å². The lowest BCUT2D eigenvalue weighted by atomic mass is 10.0. The van der Waals surface area contributed by atoms with E-state index < -0.39 is 0 Å². The maximum Gasteiger partial charge on any atom is 0.125 e. The van der Waals surface area contributed by atoms with Crippen molar-refractivity contribution < 1.29 is 4.79 Å². The highest BCUT2D eigenvalue weighted by Gasteiger charge is 2.04. The van der Waals surface area contributed by atoms with Gasteiger partial charge in [0, 0.05) is 5.41 Å². The summed E-state index contributed by atoms with van der Waals surface area (Å²) < 4.78 is 0. The lowest BCUT2D eigenvalue weighted by Gasteiger charge is -2.08. The molecule has 0 saturated carbocycles. The first kappa shape index (κ1) is 11.6. The van der Waals surface area contributed by atoms with E-state index in [1.807, 2.05) is 20.8 Å². The molecule has 1 aliphatic rings. The van der Waals surface area contributed by atoms with Crippen LogP contribution in [0, 0.1) is 5.41 Å². The Balaban J connectivity index is 0.000000202. The highest BCUT2D eigenvalue weighted by molar-refractivity contribution is 5.56. The van der Waals surface area contributed by atoms with Gasteiger partial charge in [0.2, 0.25) is 0 Å². The zero-order chi connectivity index (χ0) is 9.45. The molecule has 1 aliphatic heterocycles. The number of hydrogen-bond donors (Lipinski definition) is 1. The van der Waals surface area contributed by atoms with Crippen LogP contribution in [-0.4, -0.2) is 19.4 Å². The zero-order valence-electron chi connectivity index (χ0n) is 8.52. The molecule has 72 valence electrons. The number of aldehydes is 1. The van der Waals surface area contributed by atoms with Crippen molar-refractivity contribution in [3.05, 3.63) is 0 Å². The minimum atomic E-state index is -0.139. The fourth-order valence-electron chi connectivity index (χ4n) is 0.802. The van der Waals surface area contributed by atoms with E-state index in [9.17, 15) is 4.79 Å². The monoisotopic (exact) mass is 171 g/mol. The van der Waals surface area contributed by atoms with Crippen molar-refractivity contribution in [2.45, 2.75) is 40.0 Å². The Hall–Kier alpha value is -0.370. The number of piperidine rings is 1. The van der Waals surface area contributed by atoms with Gasteiger partial charge in [-0.15, -0.1) is 0 Å². The van der Waals surface area contributed by atoms with Gasteiger partial charge in [0.25, 0.3) is 0 Å². The topological polar surface area (TPSA) is 29.1 Å². The van der Waals surface area contributed by atoms with Crippen molar-refractivity contribution in [2.75, 3.05) is 13.1 Å². The van der Waals surface area contributed by atoms with Crippen LogP contribution in [0.1, 0.15) is 40.0 Å². The van der Waals surface area contributed by atoms with E-state index in [0.717, 1.165) is 6.29 Å². The maximum absolute atomic E-state index is 9.83. The molecule has 0 aromatic carbocycles. The Morgan fingerprint density at radius 1 is 1.08 bits per heavy atom. The van der Waals surface area contributed by atoms with Gasteiger partial charge in [-0.25, -0.2) is 0 Å². The Morgan fingerprint density at radius 2 is 1.50 bits per heavy atom. The molecule has 0 bridgehead atoms. The molecule has 2 nitrogen and oxygen atoms in total. The van der Waals surface area contributed by atoms with Crippen LogP contribution in [0.5, 0.6) is 0 Å². The van der Waals surface area contributed by atoms with Gasteiger partial charge in [0.1, 0.15) is 6.29 Å². The van der Waals surface area contributed by atoms with Crippen molar-refractivity contribution >= 4 is 6.29 Å². The van der Waals surface area contributed by atoms with Gasteiger partial charge in [-0.2, -0.15) is 0 Å². The van der Waals surface area contributed by atoms with Gasteiger partial charge in [0.15, 0.2) is 0 Å². The van der Waals surface area contributed by atoms with Crippen LogP contribution in [0.3, 0.4) is 0 Å². The summed E-state index contributed by atoms with van der Waals surface area (Å²) in [7, 11) is 0. The summed E-state index contributed by atoms with van der Waals surface area (Å²) in [6, 6.07) is 0. The highest BCUT2D eigenvalue weighted by Crippen LogP contribution is 2.05. The third-order valence-corrected chi connectivity index (χ3v) is 1.56. The molecule has 1 heterocycles. The average molecular weight is 171 g/mol. The molecular weight excluding hydrogens is 150 g/mol. The molecule has 1 saturated heterocycles. The van der Waals surface area contributed by atoms with E-state index in [4.69, 9.17) is 0 Å². The molecular formula is C10H21NO. The molecule has 1 N–H and O–H groups in total. The summed E-state index contributed by atoms with van der Waals surface area (Å²) in [5.74, 6) is 0. The molecule has 0 radical (unpaired) electrons. The van der Waals surface area contributed by atoms with Gasteiger partial charge in [0.05, 0.1) is 0 Å². The molecule has 0 spiro atoms. The first-order chi connectivity index (χ1) is 5.56. The predicted octanol–water partition coefficient (Wildman–Crippen LogP) is 1.99. The lowest BCUT2D eigenvalue weighted by molar-refractivity contribution is -0.113. The standard InChI is InChI=1S/C5H11N.C5H10O/c1-2-4-6-5-3-1;1-5(2,3)4-6/h6H,1-5H2;4H,1-3H3. The fourth-order valence-corrected chi connectivity index (χ4v) is 0.802.